The molecule has 0 aliphatic heterocycles. The second-order valence-electron chi connectivity index (χ2n) is 5.92. The molecule has 1 N–H and O–H groups in total. The minimum absolute atomic E-state index is 0.300. The number of halogens is 1. The SMILES string of the molecule is Cc1nocc1C(=O)Nc1nn(Cc2ccc(Cl)cc2)c2ccccc12. The Morgan fingerprint density at radius 3 is 2.69 bits per heavy atom. The largest absolute Gasteiger partial charge is 0.364 e. The van der Waals surface area contributed by atoms with Crippen LogP contribution in [0.25, 0.3) is 10.9 Å². The minimum Gasteiger partial charge on any atom is -0.364 e. The summed E-state index contributed by atoms with van der Waals surface area (Å²) in [6.45, 7) is 2.29. The van der Waals surface area contributed by atoms with Gasteiger partial charge in [0.15, 0.2) is 5.82 Å². The fraction of sp³-hybridized carbons (Fsp3) is 0.105. The molecule has 0 bridgehead atoms. The summed E-state index contributed by atoms with van der Waals surface area (Å²) in [4.78, 5) is 12.5. The monoisotopic (exact) mass is 366 g/mol. The van der Waals surface area contributed by atoms with E-state index in [2.05, 4.69) is 15.6 Å². The van der Waals surface area contributed by atoms with Crippen LogP contribution in [0.3, 0.4) is 0 Å². The highest BCUT2D eigenvalue weighted by Gasteiger charge is 2.17. The molecule has 0 aliphatic rings. The summed E-state index contributed by atoms with van der Waals surface area (Å²) in [7, 11) is 0. The van der Waals surface area contributed by atoms with Crippen LogP contribution in [0.1, 0.15) is 21.6 Å². The molecule has 4 rings (SSSR count). The molecular formula is C19H15ClN4O2. The Bertz CT molecular complexity index is 1080. The normalized spacial score (nSPS) is 11.0. The number of nitrogens with zero attached hydrogens (tertiary/aromatic N) is 3. The van der Waals surface area contributed by atoms with Crippen LogP contribution in [0.2, 0.25) is 5.02 Å². The number of amides is 1. The minimum atomic E-state index is -0.300. The lowest BCUT2D eigenvalue weighted by Crippen LogP contribution is -2.13. The third-order valence-corrected chi connectivity index (χ3v) is 4.38. The third-order valence-electron chi connectivity index (χ3n) is 4.13. The Morgan fingerprint density at radius 2 is 1.96 bits per heavy atom. The molecule has 0 spiro atoms. The summed E-state index contributed by atoms with van der Waals surface area (Å²) in [5, 5.41) is 12.7. The molecule has 7 heteroatoms. The molecule has 0 radical (unpaired) electrons. The lowest BCUT2D eigenvalue weighted by Gasteiger charge is -2.04. The van der Waals surface area contributed by atoms with Crippen molar-refractivity contribution in [1.29, 1.82) is 0 Å². The molecule has 6 nitrogen and oxygen atoms in total. The first-order valence-electron chi connectivity index (χ1n) is 8.04. The number of benzene rings is 2. The summed E-state index contributed by atoms with van der Waals surface area (Å²) in [6, 6.07) is 15.4. The first kappa shape index (κ1) is 16.4. The van der Waals surface area contributed by atoms with Crippen LogP contribution >= 0.6 is 11.6 Å². The summed E-state index contributed by atoms with van der Waals surface area (Å²) in [6.07, 6.45) is 1.33. The van der Waals surface area contributed by atoms with Gasteiger partial charge >= 0.3 is 0 Å². The van der Waals surface area contributed by atoms with Gasteiger partial charge in [-0.05, 0) is 36.8 Å². The number of aryl methyl sites for hydroxylation is 1. The Hall–Kier alpha value is -3.12. The predicted molar refractivity (Wildman–Crippen MR) is 99.5 cm³/mol. The van der Waals surface area contributed by atoms with Crippen LogP contribution in [-0.4, -0.2) is 20.8 Å². The van der Waals surface area contributed by atoms with Gasteiger partial charge in [0.1, 0.15) is 11.8 Å². The molecule has 4 aromatic rings. The van der Waals surface area contributed by atoms with Crippen LogP contribution in [0, 0.1) is 6.92 Å². The van der Waals surface area contributed by atoms with E-state index in [1.54, 1.807) is 6.92 Å². The van der Waals surface area contributed by atoms with Crippen molar-refractivity contribution in [3.05, 3.63) is 76.6 Å². The lowest BCUT2D eigenvalue weighted by molar-refractivity contribution is 0.102. The molecule has 0 fully saturated rings. The smallest absolute Gasteiger partial charge is 0.262 e. The summed E-state index contributed by atoms with van der Waals surface area (Å²) in [5.41, 5.74) is 2.92. The van der Waals surface area contributed by atoms with E-state index in [9.17, 15) is 4.79 Å². The molecule has 2 heterocycles. The maximum absolute atomic E-state index is 12.5. The average molecular weight is 367 g/mol. The fourth-order valence-electron chi connectivity index (χ4n) is 2.79. The Kier molecular flexibility index (Phi) is 4.18. The number of carbonyl (C=O) groups is 1. The highest BCUT2D eigenvalue weighted by molar-refractivity contribution is 6.30. The highest BCUT2D eigenvalue weighted by Crippen LogP contribution is 2.24. The number of aromatic nitrogens is 3. The number of fused-ring (bicyclic) bond motifs is 1. The van der Waals surface area contributed by atoms with Crippen molar-refractivity contribution in [3.63, 3.8) is 0 Å². The first-order valence-corrected chi connectivity index (χ1v) is 8.42. The van der Waals surface area contributed by atoms with Crippen molar-refractivity contribution < 1.29 is 9.32 Å². The van der Waals surface area contributed by atoms with Gasteiger partial charge in [0.05, 0.1) is 17.8 Å². The van der Waals surface area contributed by atoms with Crippen LogP contribution < -0.4 is 5.32 Å². The Labute approximate surface area is 154 Å². The van der Waals surface area contributed by atoms with Crippen molar-refractivity contribution in [2.24, 2.45) is 0 Å². The number of hydrogen-bond donors (Lipinski definition) is 1. The van der Waals surface area contributed by atoms with Gasteiger partial charge < -0.3 is 9.84 Å². The third kappa shape index (κ3) is 3.07. The molecule has 26 heavy (non-hydrogen) atoms. The van der Waals surface area contributed by atoms with Crippen molar-refractivity contribution in [2.45, 2.75) is 13.5 Å². The van der Waals surface area contributed by atoms with E-state index in [1.165, 1.54) is 6.26 Å². The van der Waals surface area contributed by atoms with Crippen LogP contribution in [0.15, 0.2) is 59.3 Å². The summed E-state index contributed by atoms with van der Waals surface area (Å²) < 4.78 is 6.69. The predicted octanol–water partition coefficient (Wildman–Crippen LogP) is 4.29. The number of rotatable bonds is 4. The zero-order valence-electron chi connectivity index (χ0n) is 13.9. The molecule has 0 saturated heterocycles. The zero-order chi connectivity index (χ0) is 18.1. The second kappa shape index (κ2) is 6.65. The summed E-state index contributed by atoms with van der Waals surface area (Å²) >= 11 is 5.95. The fourth-order valence-corrected chi connectivity index (χ4v) is 2.91. The topological polar surface area (TPSA) is 73.0 Å². The zero-order valence-corrected chi connectivity index (χ0v) is 14.7. The lowest BCUT2D eigenvalue weighted by atomic mass is 10.2. The van der Waals surface area contributed by atoms with Crippen molar-refractivity contribution in [2.75, 3.05) is 5.32 Å². The van der Waals surface area contributed by atoms with Gasteiger partial charge in [0.25, 0.3) is 5.91 Å². The maximum atomic E-state index is 12.5. The quantitative estimate of drug-likeness (QED) is 0.584. The number of hydrogen-bond acceptors (Lipinski definition) is 4. The molecule has 1 amide bonds. The van der Waals surface area contributed by atoms with Gasteiger partial charge in [0, 0.05) is 10.4 Å². The number of carbonyl (C=O) groups excluding carboxylic acids is 1. The van der Waals surface area contributed by atoms with Crippen LogP contribution in [0.4, 0.5) is 5.82 Å². The molecule has 0 unspecified atom stereocenters. The standard InChI is InChI=1S/C19H15ClN4O2/c1-12-16(11-26-23-12)19(25)21-18-15-4-2-3-5-17(15)24(22-18)10-13-6-8-14(20)9-7-13/h2-9,11H,10H2,1H3,(H,21,22,25). The van der Waals surface area contributed by atoms with Gasteiger partial charge in [-0.25, -0.2) is 0 Å². The van der Waals surface area contributed by atoms with E-state index < -0.39 is 0 Å². The molecule has 0 aliphatic carbocycles. The van der Waals surface area contributed by atoms with E-state index in [0.717, 1.165) is 16.5 Å². The van der Waals surface area contributed by atoms with Gasteiger partial charge in [-0.3, -0.25) is 9.48 Å². The van der Waals surface area contributed by atoms with E-state index >= 15 is 0 Å². The Morgan fingerprint density at radius 1 is 1.19 bits per heavy atom. The number of anilines is 1. The maximum Gasteiger partial charge on any atom is 0.262 e. The van der Waals surface area contributed by atoms with Gasteiger partial charge in [-0.1, -0.05) is 41.0 Å². The molecule has 0 saturated carbocycles. The van der Waals surface area contributed by atoms with E-state index in [4.69, 9.17) is 16.1 Å². The van der Waals surface area contributed by atoms with E-state index in [0.29, 0.717) is 28.6 Å². The van der Waals surface area contributed by atoms with Gasteiger partial charge in [0.2, 0.25) is 0 Å². The molecular weight excluding hydrogens is 352 g/mol. The Balaban J connectivity index is 1.68. The average Bonchev–Trinajstić information content (AvgIpc) is 3.22. The first-order chi connectivity index (χ1) is 12.6. The van der Waals surface area contributed by atoms with E-state index in [1.807, 2.05) is 53.2 Å². The molecule has 0 atom stereocenters. The van der Waals surface area contributed by atoms with Crippen molar-refractivity contribution in [3.8, 4) is 0 Å². The van der Waals surface area contributed by atoms with Crippen molar-refractivity contribution in [1.82, 2.24) is 14.9 Å². The van der Waals surface area contributed by atoms with Crippen molar-refractivity contribution >= 4 is 34.2 Å². The van der Waals surface area contributed by atoms with E-state index in [-0.39, 0.29) is 5.91 Å². The van der Waals surface area contributed by atoms with Crippen LogP contribution in [0.5, 0.6) is 0 Å². The summed E-state index contributed by atoms with van der Waals surface area (Å²) in [5.74, 6) is 0.200. The highest BCUT2D eigenvalue weighted by atomic mass is 35.5. The number of para-hydroxylation sites is 1. The molecule has 2 aromatic carbocycles. The molecule has 2 aromatic heterocycles. The van der Waals surface area contributed by atoms with Crippen LogP contribution in [-0.2, 0) is 6.54 Å². The molecule has 130 valence electrons. The van der Waals surface area contributed by atoms with Gasteiger partial charge in [-0.2, -0.15) is 5.10 Å². The number of nitrogens with one attached hydrogen (secondary N) is 1. The second-order valence-corrected chi connectivity index (χ2v) is 6.35. The van der Waals surface area contributed by atoms with Gasteiger partial charge in [-0.15, -0.1) is 0 Å².